The number of ether oxygens (including phenoxy) is 1. The fraction of sp³-hybridized carbons (Fsp3) is 0.294. The first kappa shape index (κ1) is 18.7. The van der Waals surface area contributed by atoms with Crippen molar-refractivity contribution in [3.05, 3.63) is 48.2 Å². The summed E-state index contributed by atoms with van der Waals surface area (Å²) in [6, 6.07) is 10.1. The molecule has 134 valence electrons. The molecular formula is C17H21N3O4S. The molecule has 2 aromatic rings. The number of hydrogen-bond donors (Lipinski definition) is 2. The van der Waals surface area contributed by atoms with Crippen LogP contribution < -0.4 is 10.0 Å². The van der Waals surface area contributed by atoms with Gasteiger partial charge in [0.1, 0.15) is 5.82 Å². The van der Waals surface area contributed by atoms with Crippen LogP contribution in [-0.2, 0) is 14.8 Å². The van der Waals surface area contributed by atoms with E-state index in [1.807, 2.05) is 6.92 Å². The zero-order chi connectivity index (χ0) is 18.3. The quantitative estimate of drug-likeness (QED) is 0.699. The maximum atomic E-state index is 11.9. The van der Waals surface area contributed by atoms with Crippen molar-refractivity contribution in [2.75, 3.05) is 22.9 Å². The summed E-state index contributed by atoms with van der Waals surface area (Å²) < 4.78 is 30.9. The molecular weight excluding hydrogens is 342 g/mol. The number of unbranched alkanes of at least 4 members (excludes halogenated alkanes) is 1. The van der Waals surface area contributed by atoms with E-state index in [9.17, 15) is 13.2 Å². The molecule has 0 atom stereocenters. The van der Waals surface area contributed by atoms with E-state index in [4.69, 9.17) is 0 Å². The van der Waals surface area contributed by atoms with Crippen molar-refractivity contribution in [2.45, 2.75) is 19.8 Å². The van der Waals surface area contributed by atoms with Crippen molar-refractivity contribution in [3.63, 3.8) is 0 Å². The van der Waals surface area contributed by atoms with Gasteiger partial charge in [0.05, 0.1) is 30.3 Å². The van der Waals surface area contributed by atoms with Crippen molar-refractivity contribution in [3.8, 4) is 0 Å². The Bertz CT molecular complexity index is 803. The minimum atomic E-state index is -3.34. The number of carbonyl (C=O) groups excluding carboxylic acids is 1. The minimum Gasteiger partial charge on any atom is -0.465 e. The molecule has 1 heterocycles. The highest BCUT2D eigenvalue weighted by Gasteiger charge is 2.10. The first-order valence-electron chi connectivity index (χ1n) is 7.85. The fourth-order valence-electron chi connectivity index (χ4n) is 2.05. The van der Waals surface area contributed by atoms with Gasteiger partial charge in [0, 0.05) is 5.69 Å². The molecule has 0 bridgehead atoms. The van der Waals surface area contributed by atoms with Gasteiger partial charge in [0.15, 0.2) is 0 Å². The van der Waals surface area contributed by atoms with E-state index in [1.165, 1.54) is 13.3 Å². The maximum absolute atomic E-state index is 11.9. The molecule has 8 heteroatoms. The molecule has 0 radical (unpaired) electrons. The molecule has 0 aliphatic heterocycles. The third-order valence-electron chi connectivity index (χ3n) is 3.38. The topological polar surface area (TPSA) is 97.4 Å². The Balaban J connectivity index is 1.99. The normalized spacial score (nSPS) is 11.0. The van der Waals surface area contributed by atoms with Crippen LogP contribution in [0.3, 0.4) is 0 Å². The lowest BCUT2D eigenvalue weighted by Gasteiger charge is -2.09. The highest BCUT2D eigenvalue weighted by Crippen LogP contribution is 2.18. The second kappa shape index (κ2) is 8.48. The van der Waals surface area contributed by atoms with Crippen molar-refractivity contribution in [1.29, 1.82) is 0 Å². The molecule has 0 aliphatic carbocycles. The lowest BCUT2D eigenvalue weighted by atomic mass is 10.2. The Hall–Kier alpha value is -2.61. The smallest absolute Gasteiger partial charge is 0.337 e. The summed E-state index contributed by atoms with van der Waals surface area (Å²) >= 11 is 0. The summed E-state index contributed by atoms with van der Waals surface area (Å²) in [7, 11) is -2.01. The summed E-state index contributed by atoms with van der Waals surface area (Å²) in [5, 5.41) is 3.07. The van der Waals surface area contributed by atoms with Gasteiger partial charge in [-0.3, -0.25) is 4.72 Å². The molecule has 0 aliphatic rings. The average molecular weight is 363 g/mol. The van der Waals surface area contributed by atoms with Crippen LogP contribution in [0.25, 0.3) is 0 Å². The van der Waals surface area contributed by atoms with Gasteiger partial charge < -0.3 is 10.1 Å². The molecule has 1 aromatic carbocycles. The number of benzene rings is 1. The predicted octanol–water partition coefficient (Wildman–Crippen LogP) is 3.15. The second-order valence-corrected chi connectivity index (χ2v) is 7.24. The van der Waals surface area contributed by atoms with Crippen molar-refractivity contribution < 1.29 is 17.9 Å². The highest BCUT2D eigenvalue weighted by atomic mass is 32.2. The molecule has 2 rings (SSSR count). The number of methoxy groups -OCH3 is 1. The van der Waals surface area contributed by atoms with Gasteiger partial charge in [-0.2, -0.15) is 0 Å². The van der Waals surface area contributed by atoms with Crippen molar-refractivity contribution >= 4 is 33.2 Å². The Morgan fingerprint density at radius 2 is 1.80 bits per heavy atom. The Morgan fingerprint density at radius 1 is 1.12 bits per heavy atom. The van der Waals surface area contributed by atoms with Crippen molar-refractivity contribution in [2.24, 2.45) is 0 Å². The fourth-order valence-corrected chi connectivity index (χ4v) is 3.30. The van der Waals surface area contributed by atoms with E-state index in [1.54, 1.807) is 36.4 Å². The van der Waals surface area contributed by atoms with E-state index in [-0.39, 0.29) is 5.75 Å². The molecule has 25 heavy (non-hydrogen) atoms. The van der Waals surface area contributed by atoms with E-state index >= 15 is 0 Å². The lowest BCUT2D eigenvalue weighted by Crippen LogP contribution is -2.16. The van der Waals surface area contributed by atoms with Crippen molar-refractivity contribution in [1.82, 2.24) is 4.98 Å². The number of sulfonamides is 1. The van der Waals surface area contributed by atoms with Crippen LogP contribution in [0.2, 0.25) is 0 Å². The number of pyridine rings is 1. The molecule has 0 unspecified atom stereocenters. The number of esters is 1. The van der Waals surface area contributed by atoms with Crippen LogP contribution in [0.4, 0.5) is 17.2 Å². The lowest BCUT2D eigenvalue weighted by molar-refractivity contribution is 0.0601. The van der Waals surface area contributed by atoms with Crippen LogP contribution in [0, 0.1) is 0 Å². The molecule has 0 saturated heterocycles. The molecule has 1 aromatic heterocycles. The first-order valence-corrected chi connectivity index (χ1v) is 9.50. The first-order chi connectivity index (χ1) is 11.9. The van der Waals surface area contributed by atoms with Crippen LogP contribution in [0.1, 0.15) is 30.1 Å². The Morgan fingerprint density at radius 3 is 2.36 bits per heavy atom. The average Bonchev–Trinajstić information content (AvgIpc) is 2.61. The molecule has 0 amide bonds. The van der Waals surface area contributed by atoms with Gasteiger partial charge in [-0.05, 0) is 42.8 Å². The Labute approximate surface area is 147 Å². The predicted molar refractivity (Wildman–Crippen MR) is 97.6 cm³/mol. The SMILES string of the molecule is CCCCS(=O)(=O)Nc1ccc(Nc2ccc(C(=O)OC)cc2)nc1. The van der Waals surface area contributed by atoms with E-state index in [0.29, 0.717) is 23.5 Å². The van der Waals surface area contributed by atoms with Gasteiger partial charge in [0.2, 0.25) is 10.0 Å². The Kier molecular flexibility index (Phi) is 6.35. The van der Waals surface area contributed by atoms with Gasteiger partial charge in [0.25, 0.3) is 0 Å². The molecule has 2 N–H and O–H groups in total. The van der Waals surface area contributed by atoms with Gasteiger partial charge in [-0.25, -0.2) is 18.2 Å². The van der Waals surface area contributed by atoms with Crippen LogP contribution >= 0.6 is 0 Å². The molecule has 0 saturated carbocycles. The number of aromatic nitrogens is 1. The zero-order valence-electron chi connectivity index (χ0n) is 14.2. The third kappa shape index (κ3) is 5.75. The van der Waals surface area contributed by atoms with E-state index in [0.717, 1.165) is 12.1 Å². The summed E-state index contributed by atoms with van der Waals surface area (Å²) in [6.07, 6.45) is 2.88. The van der Waals surface area contributed by atoms with E-state index < -0.39 is 16.0 Å². The minimum absolute atomic E-state index is 0.0933. The van der Waals surface area contributed by atoms with E-state index in [2.05, 4.69) is 19.8 Å². The monoisotopic (exact) mass is 363 g/mol. The zero-order valence-corrected chi connectivity index (χ0v) is 15.0. The number of nitrogens with zero attached hydrogens (tertiary/aromatic N) is 1. The van der Waals surface area contributed by atoms with Gasteiger partial charge in [-0.1, -0.05) is 13.3 Å². The van der Waals surface area contributed by atoms with Crippen LogP contribution in [0.5, 0.6) is 0 Å². The van der Waals surface area contributed by atoms with Gasteiger partial charge in [-0.15, -0.1) is 0 Å². The number of hydrogen-bond acceptors (Lipinski definition) is 6. The largest absolute Gasteiger partial charge is 0.465 e. The number of carbonyl (C=O) groups is 1. The molecule has 7 nitrogen and oxygen atoms in total. The standard InChI is InChI=1S/C17H21N3O4S/c1-3-4-11-25(22,23)20-15-9-10-16(18-12-15)19-14-7-5-13(6-8-14)17(21)24-2/h5-10,12,20H,3-4,11H2,1-2H3,(H,18,19). The highest BCUT2D eigenvalue weighted by molar-refractivity contribution is 7.92. The summed E-state index contributed by atoms with van der Waals surface area (Å²) in [6.45, 7) is 1.94. The number of nitrogens with one attached hydrogen (secondary N) is 2. The summed E-state index contributed by atoms with van der Waals surface area (Å²) in [5.74, 6) is 0.252. The molecule has 0 fully saturated rings. The summed E-state index contributed by atoms with van der Waals surface area (Å²) in [5.41, 5.74) is 1.62. The second-order valence-electron chi connectivity index (χ2n) is 5.40. The number of anilines is 3. The van der Waals surface area contributed by atoms with Gasteiger partial charge >= 0.3 is 5.97 Å². The number of rotatable bonds is 8. The third-order valence-corrected chi connectivity index (χ3v) is 4.75. The van der Waals surface area contributed by atoms with Crippen LogP contribution in [0.15, 0.2) is 42.6 Å². The maximum Gasteiger partial charge on any atom is 0.337 e. The molecule has 0 spiro atoms. The summed E-state index contributed by atoms with van der Waals surface area (Å²) in [4.78, 5) is 15.6. The van der Waals surface area contributed by atoms with Crippen LogP contribution in [-0.4, -0.2) is 32.2 Å².